The van der Waals surface area contributed by atoms with E-state index >= 15 is 0 Å². The molecule has 0 aliphatic carbocycles. The van der Waals surface area contributed by atoms with Crippen LogP contribution in [0.25, 0.3) is 10.2 Å². The molecule has 31 heavy (non-hydrogen) atoms. The van der Waals surface area contributed by atoms with Gasteiger partial charge in [0.2, 0.25) is 0 Å². The SMILES string of the molecule is Cc1ccc(CC(=O)O)cc1OCCC1(C)CCN(c2nc3ccc(Cl)cc3s2)CC1. The summed E-state index contributed by atoms with van der Waals surface area (Å²) in [5.41, 5.74) is 3.03. The van der Waals surface area contributed by atoms with Gasteiger partial charge in [-0.25, -0.2) is 4.98 Å². The van der Waals surface area contributed by atoms with Gasteiger partial charge in [-0.2, -0.15) is 0 Å². The number of aryl methyl sites for hydroxylation is 1. The van der Waals surface area contributed by atoms with Crippen LogP contribution in [0.4, 0.5) is 5.13 Å². The number of carbonyl (C=O) groups is 1. The van der Waals surface area contributed by atoms with Crippen molar-refractivity contribution in [2.24, 2.45) is 5.41 Å². The molecular formula is C24H27ClN2O3S. The third-order valence-electron chi connectivity index (χ3n) is 6.15. The minimum Gasteiger partial charge on any atom is -0.493 e. The Morgan fingerprint density at radius 1 is 1.26 bits per heavy atom. The van der Waals surface area contributed by atoms with Crippen LogP contribution in [-0.2, 0) is 11.2 Å². The first-order valence-corrected chi connectivity index (χ1v) is 11.8. The number of benzene rings is 2. The van der Waals surface area contributed by atoms with Crippen LogP contribution in [-0.4, -0.2) is 35.8 Å². The summed E-state index contributed by atoms with van der Waals surface area (Å²) >= 11 is 7.82. The monoisotopic (exact) mass is 458 g/mol. The molecule has 1 aliphatic rings. The van der Waals surface area contributed by atoms with E-state index in [1.54, 1.807) is 11.3 Å². The second-order valence-corrected chi connectivity index (χ2v) is 10.1. The average Bonchev–Trinajstić information content (AvgIpc) is 3.13. The van der Waals surface area contributed by atoms with Crippen LogP contribution < -0.4 is 9.64 Å². The standard InChI is InChI=1S/C24H27ClN2O3S/c1-16-3-4-17(14-22(28)29)13-20(16)30-12-9-24(2)7-10-27(11-8-24)23-26-19-6-5-18(25)15-21(19)31-23/h3-6,13,15H,7-12,14H2,1-2H3,(H,28,29). The average molecular weight is 459 g/mol. The predicted octanol–water partition coefficient (Wildman–Crippen LogP) is 5.96. The Morgan fingerprint density at radius 2 is 2.03 bits per heavy atom. The molecule has 1 N–H and O–H groups in total. The van der Waals surface area contributed by atoms with Gasteiger partial charge in [0, 0.05) is 18.1 Å². The number of hydrogen-bond donors (Lipinski definition) is 1. The van der Waals surface area contributed by atoms with Gasteiger partial charge in [-0.15, -0.1) is 0 Å². The molecule has 1 fully saturated rings. The Hall–Kier alpha value is -2.31. The van der Waals surface area contributed by atoms with Gasteiger partial charge in [0.25, 0.3) is 0 Å². The maximum absolute atomic E-state index is 11.0. The van der Waals surface area contributed by atoms with Crippen molar-refractivity contribution in [1.29, 1.82) is 0 Å². The number of aliphatic carboxylic acids is 1. The van der Waals surface area contributed by atoms with Gasteiger partial charge >= 0.3 is 5.97 Å². The highest BCUT2D eigenvalue weighted by Crippen LogP contribution is 2.38. The molecule has 1 saturated heterocycles. The van der Waals surface area contributed by atoms with Gasteiger partial charge < -0.3 is 14.7 Å². The largest absolute Gasteiger partial charge is 0.493 e. The number of carboxylic acids is 1. The second kappa shape index (κ2) is 9.05. The first-order chi connectivity index (χ1) is 14.8. The van der Waals surface area contributed by atoms with Crippen LogP contribution in [0.15, 0.2) is 36.4 Å². The molecule has 0 spiro atoms. The molecule has 3 aromatic rings. The van der Waals surface area contributed by atoms with E-state index < -0.39 is 5.97 Å². The first-order valence-electron chi connectivity index (χ1n) is 10.6. The number of fused-ring (bicyclic) bond motifs is 1. The van der Waals surface area contributed by atoms with E-state index in [1.165, 1.54) is 0 Å². The van der Waals surface area contributed by atoms with Gasteiger partial charge in [0.1, 0.15) is 5.75 Å². The van der Waals surface area contributed by atoms with Gasteiger partial charge in [-0.1, -0.05) is 42.0 Å². The molecule has 0 atom stereocenters. The summed E-state index contributed by atoms with van der Waals surface area (Å²) in [6.07, 6.45) is 3.16. The number of carboxylic acid groups (broad SMARTS) is 1. The van der Waals surface area contributed by atoms with E-state index in [0.717, 1.165) is 69.6 Å². The van der Waals surface area contributed by atoms with Gasteiger partial charge in [0.15, 0.2) is 5.13 Å². The fourth-order valence-corrected chi connectivity index (χ4v) is 5.29. The molecule has 2 heterocycles. The summed E-state index contributed by atoms with van der Waals surface area (Å²) in [4.78, 5) is 18.1. The van der Waals surface area contributed by atoms with Gasteiger partial charge in [0.05, 0.1) is 23.2 Å². The number of hydrogen-bond acceptors (Lipinski definition) is 5. The van der Waals surface area contributed by atoms with Crippen molar-refractivity contribution in [3.8, 4) is 5.75 Å². The zero-order valence-electron chi connectivity index (χ0n) is 17.9. The molecule has 1 aromatic heterocycles. The second-order valence-electron chi connectivity index (χ2n) is 8.68. The lowest BCUT2D eigenvalue weighted by molar-refractivity contribution is -0.136. The van der Waals surface area contributed by atoms with E-state index in [-0.39, 0.29) is 11.8 Å². The van der Waals surface area contributed by atoms with Crippen LogP contribution in [0.1, 0.15) is 37.3 Å². The lowest BCUT2D eigenvalue weighted by atomic mass is 9.78. The normalized spacial score (nSPS) is 15.9. The number of ether oxygens (including phenoxy) is 1. The molecule has 0 radical (unpaired) electrons. The van der Waals surface area contributed by atoms with E-state index in [2.05, 4.69) is 11.8 Å². The highest BCUT2D eigenvalue weighted by Gasteiger charge is 2.31. The Balaban J connectivity index is 1.32. The zero-order chi connectivity index (χ0) is 22.0. The number of halogens is 1. The van der Waals surface area contributed by atoms with Crippen LogP contribution in [0.2, 0.25) is 5.02 Å². The van der Waals surface area contributed by atoms with Crippen molar-refractivity contribution in [1.82, 2.24) is 4.98 Å². The third kappa shape index (κ3) is 5.31. The Morgan fingerprint density at radius 3 is 2.77 bits per heavy atom. The summed E-state index contributed by atoms with van der Waals surface area (Å²) in [6.45, 7) is 6.92. The van der Waals surface area contributed by atoms with Crippen LogP contribution in [0.5, 0.6) is 5.75 Å². The molecule has 4 rings (SSSR count). The predicted molar refractivity (Wildman–Crippen MR) is 127 cm³/mol. The fraction of sp³-hybridized carbons (Fsp3) is 0.417. The van der Waals surface area contributed by atoms with Crippen molar-refractivity contribution in [3.63, 3.8) is 0 Å². The number of rotatable bonds is 7. The molecule has 0 bridgehead atoms. The highest BCUT2D eigenvalue weighted by molar-refractivity contribution is 7.22. The minimum atomic E-state index is -0.828. The van der Waals surface area contributed by atoms with Crippen LogP contribution in [0.3, 0.4) is 0 Å². The van der Waals surface area contributed by atoms with Crippen molar-refractivity contribution < 1.29 is 14.6 Å². The zero-order valence-corrected chi connectivity index (χ0v) is 19.4. The van der Waals surface area contributed by atoms with E-state index in [4.69, 9.17) is 26.4 Å². The summed E-state index contributed by atoms with van der Waals surface area (Å²) in [5, 5.41) is 10.8. The molecule has 0 amide bonds. The molecule has 2 aromatic carbocycles. The molecule has 0 saturated carbocycles. The maximum Gasteiger partial charge on any atom is 0.307 e. The summed E-state index contributed by atoms with van der Waals surface area (Å²) in [6, 6.07) is 11.5. The quantitative estimate of drug-likeness (QED) is 0.473. The van der Waals surface area contributed by atoms with E-state index in [0.29, 0.717) is 6.61 Å². The van der Waals surface area contributed by atoms with E-state index in [1.807, 2.05) is 43.3 Å². The van der Waals surface area contributed by atoms with E-state index in [9.17, 15) is 4.79 Å². The summed E-state index contributed by atoms with van der Waals surface area (Å²) in [7, 11) is 0. The Labute approximate surface area is 191 Å². The lowest BCUT2D eigenvalue weighted by Gasteiger charge is -2.39. The lowest BCUT2D eigenvalue weighted by Crippen LogP contribution is -2.39. The Kier molecular flexibility index (Phi) is 6.39. The Bertz CT molecular complexity index is 1090. The summed E-state index contributed by atoms with van der Waals surface area (Å²) in [5.74, 6) is -0.0433. The smallest absolute Gasteiger partial charge is 0.307 e. The third-order valence-corrected chi connectivity index (χ3v) is 7.47. The molecule has 0 unspecified atom stereocenters. The highest BCUT2D eigenvalue weighted by atomic mass is 35.5. The molecule has 5 nitrogen and oxygen atoms in total. The molecular weight excluding hydrogens is 432 g/mol. The van der Waals surface area contributed by atoms with Gasteiger partial charge in [-0.05, 0) is 67.0 Å². The fourth-order valence-electron chi connectivity index (χ4n) is 4.00. The summed E-state index contributed by atoms with van der Waals surface area (Å²) < 4.78 is 7.19. The number of aromatic nitrogens is 1. The van der Waals surface area contributed by atoms with Crippen LogP contribution >= 0.6 is 22.9 Å². The van der Waals surface area contributed by atoms with Gasteiger partial charge in [-0.3, -0.25) is 4.79 Å². The first kappa shape index (κ1) is 21.9. The maximum atomic E-state index is 11.0. The number of piperidine rings is 1. The minimum absolute atomic E-state index is 0.0160. The number of nitrogens with zero attached hydrogens (tertiary/aromatic N) is 2. The number of thiazole rings is 1. The molecule has 1 aliphatic heterocycles. The van der Waals surface area contributed by atoms with Crippen molar-refractivity contribution >= 4 is 44.3 Å². The van der Waals surface area contributed by atoms with Crippen molar-refractivity contribution in [2.45, 2.75) is 39.5 Å². The molecule has 164 valence electrons. The van der Waals surface area contributed by atoms with Crippen molar-refractivity contribution in [2.75, 3.05) is 24.6 Å². The topological polar surface area (TPSA) is 62.7 Å². The number of anilines is 1. The van der Waals surface area contributed by atoms with Crippen molar-refractivity contribution in [3.05, 3.63) is 52.5 Å². The van der Waals surface area contributed by atoms with Crippen LogP contribution in [0, 0.1) is 12.3 Å². The molecule has 7 heteroatoms.